The van der Waals surface area contributed by atoms with E-state index in [0.29, 0.717) is 24.8 Å². The smallest absolute Gasteiger partial charge is 0.224 e. The van der Waals surface area contributed by atoms with Crippen LogP contribution >= 0.6 is 0 Å². The van der Waals surface area contributed by atoms with E-state index < -0.39 is 0 Å². The van der Waals surface area contributed by atoms with Crippen molar-refractivity contribution in [3.63, 3.8) is 0 Å². The summed E-state index contributed by atoms with van der Waals surface area (Å²) in [6.45, 7) is 4.10. The van der Waals surface area contributed by atoms with Crippen molar-refractivity contribution < 1.29 is 9.59 Å². The first-order chi connectivity index (χ1) is 12.6. The largest absolute Gasteiger partial charge is 0.355 e. The van der Waals surface area contributed by atoms with Crippen molar-refractivity contribution in [3.8, 4) is 0 Å². The molecule has 138 valence electrons. The van der Waals surface area contributed by atoms with E-state index in [9.17, 15) is 9.59 Å². The standard InChI is InChI=1S/C20H26N4O2/c1-13-11-16(13)20(26)22-8-4-18(25)24-9-5-14(6-10-24)17-12-23-19-15(17)3-2-7-21-19/h2-3,7,12-14,16H,4-6,8-11H2,1H3,(H,21,23)(H,22,26). The summed E-state index contributed by atoms with van der Waals surface area (Å²) in [5.74, 6) is 1.40. The van der Waals surface area contributed by atoms with Gasteiger partial charge < -0.3 is 15.2 Å². The number of carbonyl (C=O) groups excluding carboxylic acids is 2. The Balaban J connectivity index is 1.25. The normalized spacial score (nSPS) is 23.2. The highest BCUT2D eigenvalue weighted by atomic mass is 16.2. The van der Waals surface area contributed by atoms with E-state index in [1.807, 2.05) is 11.0 Å². The molecule has 6 nitrogen and oxygen atoms in total. The van der Waals surface area contributed by atoms with Crippen LogP contribution in [-0.2, 0) is 9.59 Å². The van der Waals surface area contributed by atoms with Crippen molar-refractivity contribution >= 4 is 22.8 Å². The molecule has 2 fully saturated rings. The Morgan fingerprint density at radius 3 is 2.85 bits per heavy atom. The molecule has 3 heterocycles. The number of H-pyrrole nitrogens is 1. The van der Waals surface area contributed by atoms with Crippen molar-refractivity contribution in [3.05, 3.63) is 30.1 Å². The lowest BCUT2D eigenvalue weighted by molar-refractivity contribution is -0.132. The summed E-state index contributed by atoms with van der Waals surface area (Å²) in [7, 11) is 0. The van der Waals surface area contributed by atoms with Gasteiger partial charge in [-0.3, -0.25) is 9.59 Å². The average Bonchev–Trinajstić information content (AvgIpc) is 3.25. The minimum atomic E-state index is 0.108. The molecule has 1 aliphatic heterocycles. The van der Waals surface area contributed by atoms with E-state index in [0.717, 1.165) is 38.0 Å². The lowest BCUT2D eigenvalue weighted by Crippen LogP contribution is -2.39. The van der Waals surface area contributed by atoms with Gasteiger partial charge in [-0.1, -0.05) is 6.92 Å². The predicted molar refractivity (Wildman–Crippen MR) is 99.5 cm³/mol. The van der Waals surface area contributed by atoms with Gasteiger partial charge in [0, 0.05) is 49.8 Å². The number of carbonyl (C=O) groups is 2. The SMILES string of the molecule is CC1CC1C(=O)NCCC(=O)N1CCC(c2c[nH]c3ncccc23)CC1. The van der Waals surface area contributed by atoms with E-state index in [1.54, 1.807) is 6.20 Å². The van der Waals surface area contributed by atoms with Crippen molar-refractivity contribution in [2.45, 2.75) is 38.5 Å². The molecule has 4 rings (SSSR count). The number of pyridine rings is 1. The minimum absolute atomic E-state index is 0.108. The highest BCUT2D eigenvalue weighted by Crippen LogP contribution is 2.37. The fourth-order valence-electron chi connectivity index (χ4n) is 4.02. The summed E-state index contributed by atoms with van der Waals surface area (Å²) >= 11 is 0. The lowest BCUT2D eigenvalue weighted by Gasteiger charge is -2.32. The maximum atomic E-state index is 12.4. The third-order valence-electron chi connectivity index (χ3n) is 5.85. The molecule has 1 saturated heterocycles. The Morgan fingerprint density at radius 2 is 2.12 bits per heavy atom. The number of hydrogen-bond acceptors (Lipinski definition) is 3. The van der Waals surface area contributed by atoms with Crippen LogP contribution in [0.3, 0.4) is 0 Å². The van der Waals surface area contributed by atoms with Gasteiger partial charge in [0.15, 0.2) is 0 Å². The van der Waals surface area contributed by atoms with Crippen LogP contribution in [0.25, 0.3) is 11.0 Å². The number of fused-ring (bicyclic) bond motifs is 1. The van der Waals surface area contributed by atoms with Gasteiger partial charge in [0.05, 0.1) is 0 Å². The molecule has 2 aromatic rings. The molecule has 2 aliphatic rings. The third kappa shape index (κ3) is 3.45. The molecule has 2 unspecified atom stereocenters. The van der Waals surface area contributed by atoms with Gasteiger partial charge in [0.1, 0.15) is 5.65 Å². The molecule has 6 heteroatoms. The number of likely N-dealkylation sites (tertiary alicyclic amines) is 1. The molecular formula is C20H26N4O2. The topological polar surface area (TPSA) is 78.1 Å². The molecule has 1 saturated carbocycles. The molecule has 0 radical (unpaired) electrons. The van der Waals surface area contributed by atoms with Crippen LogP contribution in [-0.4, -0.2) is 46.3 Å². The molecule has 0 bridgehead atoms. The fourth-order valence-corrected chi connectivity index (χ4v) is 4.02. The number of nitrogens with one attached hydrogen (secondary N) is 2. The molecule has 0 spiro atoms. The van der Waals surface area contributed by atoms with Crippen LogP contribution in [0.5, 0.6) is 0 Å². The van der Waals surface area contributed by atoms with Crippen LogP contribution < -0.4 is 5.32 Å². The molecule has 0 aromatic carbocycles. The number of amides is 2. The Hall–Kier alpha value is -2.37. The van der Waals surface area contributed by atoms with E-state index in [-0.39, 0.29) is 17.7 Å². The molecule has 1 aliphatic carbocycles. The molecule has 2 amide bonds. The highest BCUT2D eigenvalue weighted by molar-refractivity contribution is 5.83. The number of hydrogen-bond donors (Lipinski definition) is 2. The molecule has 2 aromatic heterocycles. The van der Waals surface area contributed by atoms with Gasteiger partial charge in [-0.05, 0) is 48.8 Å². The zero-order chi connectivity index (χ0) is 18.1. The molecule has 26 heavy (non-hydrogen) atoms. The number of nitrogens with zero attached hydrogens (tertiary/aromatic N) is 2. The van der Waals surface area contributed by atoms with Crippen molar-refractivity contribution in [2.24, 2.45) is 11.8 Å². The van der Waals surface area contributed by atoms with Gasteiger partial charge in [-0.2, -0.15) is 0 Å². The van der Waals surface area contributed by atoms with Crippen molar-refractivity contribution in [1.82, 2.24) is 20.2 Å². The van der Waals surface area contributed by atoms with Gasteiger partial charge in [-0.25, -0.2) is 4.98 Å². The zero-order valence-electron chi connectivity index (χ0n) is 15.2. The molecule has 2 N–H and O–H groups in total. The van der Waals surface area contributed by atoms with Gasteiger partial charge in [0.2, 0.25) is 11.8 Å². The van der Waals surface area contributed by atoms with E-state index >= 15 is 0 Å². The van der Waals surface area contributed by atoms with E-state index in [4.69, 9.17) is 0 Å². The predicted octanol–water partition coefficient (Wildman–Crippen LogP) is 2.43. The van der Waals surface area contributed by atoms with Crippen LogP contribution in [0.15, 0.2) is 24.5 Å². The average molecular weight is 354 g/mol. The second-order valence-corrected chi connectivity index (χ2v) is 7.66. The van der Waals surface area contributed by atoms with Gasteiger partial charge in [0.25, 0.3) is 0 Å². The minimum Gasteiger partial charge on any atom is -0.355 e. The van der Waals surface area contributed by atoms with Gasteiger partial charge >= 0.3 is 0 Å². The van der Waals surface area contributed by atoms with E-state index in [2.05, 4.69) is 34.5 Å². The Kier molecular flexibility index (Phi) is 4.66. The maximum Gasteiger partial charge on any atom is 0.224 e. The van der Waals surface area contributed by atoms with Crippen molar-refractivity contribution in [2.75, 3.05) is 19.6 Å². The quantitative estimate of drug-likeness (QED) is 0.866. The molecule has 2 atom stereocenters. The summed E-state index contributed by atoms with van der Waals surface area (Å²) < 4.78 is 0. The first kappa shape index (κ1) is 17.1. The second-order valence-electron chi connectivity index (χ2n) is 7.66. The summed E-state index contributed by atoms with van der Waals surface area (Å²) in [4.78, 5) is 33.7. The number of aromatic amines is 1. The second kappa shape index (κ2) is 7.09. The van der Waals surface area contributed by atoms with Crippen LogP contribution in [0.4, 0.5) is 0 Å². The van der Waals surface area contributed by atoms with E-state index in [1.165, 1.54) is 10.9 Å². The number of piperidine rings is 1. The fraction of sp³-hybridized carbons (Fsp3) is 0.550. The summed E-state index contributed by atoms with van der Waals surface area (Å²) in [5.41, 5.74) is 2.24. The molecular weight excluding hydrogens is 328 g/mol. The van der Waals surface area contributed by atoms with Crippen LogP contribution in [0, 0.1) is 11.8 Å². The summed E-state index contributed by atoms with van der Waals surface area (Å²) in [5, 5.41) is 4.09. The Morgan fingerprint density at radius 1 is 1.35 bits per heavy atom. The Bertz CT molecular complexity index is 807. The zero-order valence-corrected chi connectivity index (χ0v) is 15.2. The number of rotatable bonds is 5. The Labute approximate surface area is 153 Å². The van der Waals surface area contributed by atoms with Crippen molar-refractivity contribution in [1.29, 1.82) is 0 Å². The van der Waals surface area contributed by atoms with Gasteiger partial charge in [-0.15, -0.1) is 0 Å². The maximum absolute atomic E-state index is 12.4. The lowest BCUT2D eigenvalue weighted by atomic mass is 9.89. The summed E-state index contributed by atoms with van der Waals surface area (Å²) in [6.07, 6.45) is 7.19. The van der Waals surface area contributed by atoms with Crippen LogP contribution in [0.2, 0.25) is 0 Å². The summed E-state index contributed by atoms with van der Waals surface area (Å²) in [6, 6.07) is 4.07. The first-order valence-corrected chi connectivity index (χ1v) is 9.61. The highest BCUT2D eigenvalue weighted by Gasteiger charge is 2.38. The third-order valence-corrected chi connectivity index (χ3v) is 5.85. The van der Waals surface area contributed by atoms with Crippen LogP contribution in [0.1, 0.15) is 44.1 Å². The first-order valence-electron chi connectivity index (χ1n) is 9.61. The number of aromatic nitrogens is 2. The monoisotopic (exact) mass is 354 g/mol.